The van der Waals surface area contributed by atoms with Crippen LogP contribution in [0, 0.1) is 0 Å². The van der Waals surface area contributed by atoms with Crippen LogP contribution >= 0.6 is 0 Å². The second-order valence-corrected chi connectivity index (χ2v) is 8.27. The second-order valence-electron chi connectivity index (χ2n) is 8.27. The first-order valence-electron chi connectivity index (χ1n) is 11.1. The van der Waals surface area contributed by atoms with Crippen molar-refractivity contribution in [3.63, 3.8) is 0 Å². The maximum atomic E-state index is 12.9. The molecule has 0 aliphatic carbocycles. The van der Waals surface area contributed by atoms with Gasteiger partial charge in [-0.25, -0.2) is 4.79 Å². The molecule has 0 bridgehead atoms. The lowest BCUT2D eigenvalue weighted by Gasteiger charge is -2.24. The quantitative estimate of drug-likeness (QED) is 0.0990. The SMILES string of the molecule is NC(=O)CCC(NC(=O)C(CC(N)=O)NC(=O)C(N)Cc1ccc(O)cc1)C(=O)NC(CC(=O)O)C(=O)O. The third-order valence-corrected chi connectivity index (χ3v) is 5.07. The van der Waals surface area contributed by atoms with Crippen LogP contribution in [-0.4, -0.2) is 81.0 Å². The molecule has 16 nitrogen and oxygen atoms in total. The van der Waals surface area contributed by atoms with E-state index in [4.69, 9.17) is 27.4 Å². The molecule has 0 fully saturated rings. The third-order valence-electron chi connectivity index (χ3n) is 5.07. The summed E-state index contributed by atoms with van der Waals surface area (Å²) in [6.07, 6.45) is -2.52. The Morgan fingerprint density at radius 3 is 1.76 bits per heavy atom. The molecule has 0 saturated carbocycles. The van der Waals surface area contributed by atoms with Crippen LogP contribution in [0.4, 0.5) is 0 Å². The summed E-state index contributed by atoms with van der Waals surface area (Å²) in [6.45, 7) is 0. The summed E-state index contributed by atoms with van der Waals surface area (Å²) in [4.78, 5) is 83.0. The van der Waals surface area contributed by atoms with Gasteiger partial charge in [-0.15, -0.1) is 0 Å². The maximum Gasteiger partial charge on any atom is 0.326 e. The molecule has 0 aromatic heterocycles. The van der Waals surface area contributed by atoms with Gasteiger partial charge in [0.1, 0.15) is 23.9 Å². The van der Waals surface area contributed by atoms with Crippen LogP contribution < -0.4 is 33.2 Å². The van der Waals surface area contributed by atoms with Gasteiger partial charge in [0.05, 0.1) is 18.9 Å². The smallest absolute Gasteiger partial charge is 0.326 e. The van der Waals surface area contributed by atoms with Gasteiger partial charge in [-0.3, -0.25) is 28.8 Å². The van der Waals surface area contributed by atoms with Crippen molar-refractivity contribution >= 4 is 41.5 Å². The van der Waals surface area contributed by atoms with Gasteiger partial charge in [0.25, 0.3) is 0 Å². The van der Waals surface area contributed by atoms with Gasteiger partial charge in [-0.2, -0.15) is 0 Å². The van der Waals surface area contributed by atoms with E-state index in [0.717, 1.165) is 0 Å². The number of amides is 5. The summed E-state index contributed by atoms with van der Waals surface area (Å²) in [5.74, 6) is -8.15. The van der Waals surface area contributed by atoms with E-state index in [2.05, 4.69) is 10.6 Å². The zero-order valence-electron chi connectivity index (χ0n) is 20.1. The number of phenols is 1. The van der Waals surface area contributed by atoms with E-state index >= 15 is 0 Å². The number of phenolic OH excluding ortho intramolecular Hbond substituents is 1. The number of carboxylic acid groups (broad SMARTS) is 2. The molecule has 5 amide bonds. The Hall–Kier alpha value is -4.73. The van der Waals surface area contributed by atoms with Crippen LogP contribution in [0.1, 0.15) is 31.2 Å². The summed E-state index contributed by atoms with van der Waals surface area (Å²) in [5, 5.41) is 33.7. The number of carbonyl (C=O) groups excluding carboxylic acids is 5. The fourth-order valence-electron chi connectivity index (χ4n) is 3.14. The number of aliphatic carboxylic acids is 2. The Bertz CT molecular complexity index is 1060. The lowest BCUT2D eigenvalue weighted by atomic mass is 10.0. The summed E-state index contributed by atoms with van der Waals surface area (Å²) >= 11 is 0. The highest BCUT2D eigenvalue weighted by Gasteiger charge is 2.32. The second kappa shape index (κ2) is 14.7. The summed E-state index contributed by atoms with van der Waals surface area (Å²) in [7, 11) is 0. The Morgan fingerprint density at radius 2 is 1.26 bits per heavy atom. The molecular formula is C22H30N6O10. The highest BCUT2D eigenvalue weighted by Crippen LogP contribution is 2.11. The van der Waals surface area contributed by atoms with Crippen molar-refractivity contribution in [2.45, 2.75) is 56.3 Å². The Labute approximate surface area is 215 Å². The molecule has 12 N–H and O–H groups in total. The molecule has 0 aliphatic heterocycles. The van der Waals surface area contributed by atoms with Gasteiger partial charge in [0.2, 0.25) is 29.5 Å². The first-order chi connectivity index (χ1) is 17.7. The van der Waals surface area contributed by atoms with E-state index in [0.29, 0.717) is 5.56 Å². The summed E-state index contributed by atoms with van der Waals surface area (Å²) in [5.41, 5.74) is 16.7. The fourth-order valence-corrected chi connectivity index (χ4v) is 3.14. The van der Waals surface area contributed by atoms with Crippen molar-refractivity contribution in [2.75, 3.05) is 0 Å². The number of hydrogen-bond acceptors (Lipinski definition) is 9. The van der Waals surface area contributed by atoms with Crippen molar-refractivity contribution in [2.24, 2.45) is 17.2 Å². The standard InChI is InChI=1S/C22H30N6O10/c23-12(7-10-1-3-11(29)4-2-10)19(34)27-14(8-17(25)31)21(36)26-13(5-6-16(24)30)20(35)28-15(22(37)38)9-18(32)33/h1-4,12-15,29H,5-9,23H2,(H2,24,30)(H2,25,31)(H,26,36)(H,27,34)(H,28,35)(H,32,33)(H,37,38). The largest absolute Gasteiger partial charge is 0.508 e. The van der Waals surface area contributed by atoms with Crippen LogP contribution in [0.5, 0.6) is 5.75 Å². The van der Waals surface area contributed by atoms with Crippen molar-refractivity contribution in [3.05, 3.63) is 29.8 Å². The van der Waals surface area contributed by atoms with Crippen LogP contribution in [0.2, 0.25) is 0 Å². The number of carboxylic acids is 2. The van der Waals surface area contributed by atoms with Crippen molar-refractivity contribution in [1.29, 1.82) is 0 Å². The fraction of sp³-hybridized carbons (Fsp3) is 0.409. The van der Waals surface area contributed by atoms with Crippen molar-refractivity contribution in [3.8, 4) is 5.75 Å². The van der Waals surface area contributed by atoms with Crippen molar-refractivity contribution in [1.82, 2.24) is 16.0 Å². The molecule has 1 aromatic rings. The minimum atomic E-state index is -1.85. The number of aromatic hydroxyl groups is 1. The number of primary amides is 2. The predicted octanol–water partition coefficient (Wildman–Crippen LogP) is -3.58. The van der Waals surface area contributed by atoms with Gasteiger partial charge in [0.15, 0.2) is 0 Å². The summed E-state index contributed by atoms with van der Waals surface area (Å²) in [6, 6.07) is -0.444. The molecule has 16 heteroatoms. The molecule has 0 spiro atoms. The van der Waals surface area contributed by atoms with Gasteiger partial charge >= 0.3 is 11.9 Å². The Kier molecular flexibility index (Phi) is 12.1. The third kappa shape index (κ3) is 11.3. The molecule has 1 rings (SSSR count). The van der Waals surface area contributed by atoms with Crippen LogP contribution in [0.25, 0.3) is 0 Å². The number of benzene rings is 1. The van der Waals surface area contributed by atoms with E-state index in [1.54, 1.807) is 0 Å². The molecule has 0 radical (unpaired) electrons. The van der Waals surface area contributed by atoms with E-state index in [-0.39, 0.29) is 12.2 Å². The highest BCUT2D eigenvalue weighted by molar-refractivity contribution is 5.96. The number of rotatable bonds is 16. The molecule has 4 atom stereocenters. The van der Waals surface area contributed by atoms with Crippen LogP contribution in [0.15, 0.2) is 24.3 Å². The van der Waals surface area contributed by atoms with Crippen LogP contribution in [0.3, 0.4) is 0 Å². The van der Waals surface area contributed by atoms with Crippen molar-refractivity contribution < 1.29 is 48.9 Å². The zero-order valence-corrected chi connectivity index (χ0v) is 20.1. The highest BCUT2D eigenvalue weighted by atomic mass is 16.4. The van der Waals surface area contributed by atoms with E-state index in [1.165, 1.54) is 24.3 Å². The molecule has 0 aliphatic rings. The van der Waals surface area contributed by atoms with Gasteiger partial charge < -0.3 is 48.5 Å². The Balaban J connectivity index is 3.02. The first-order valence-corrected chi connectivity index (χ1v) is 11.1. The van der Waals surface area contributed by atoms with Gasteiger partial charge in [-0.05, 0) is 30.5 Å². The minimum Gasteiger partial charge on any atom is -0.508 e. The molecule has 0 heterocycles. The Morgan fingerprint density at radius 1 is 0.737 bits per heavy atom. The topological polar surface area (TPSA) is 294 Å². The average Bonchev–Trinajstić information content (AvgIpc) is 2.81. The first kappa shape index (κ1) is 31.3. The predicted molar refractivity (Wildman–Crippen MR) is 128 cm³/mol. The molecule has 1 aromatic carbocycles. The molecule has 208 valence electrons. The monoisotopic (exact) mass is 538 g/mol. The number of hydrogen-bond donors (Lipinski definition) is 9. The van der Waals surface area contributed by atoms with E-state index in [9.17, 15) is 38.7 Å². The lowest BCUT2D eigenvalue weighted by Crippen LogP contribution is -2.58. The van der Waals surface area contributed by atoms with Gasteiger partial charge in [-0.1, -0.05) is 12.1 Å². The molecule has 0 saturated heterocycles. The van der Waals surface area contributed by atoms with E-state index in [1.807, 2.05) is 5.32 Å². The maximum absolute atomic E-state index is 12.9. The van der Waals surface area contributed by atoms with Gasteiger partial charge in [0, 0.05) is 6.42 Å². The summed E-state index contributed by atoms with van der Waals surface area (Å²) < 4.78 is 0. The number of nitrogens with one attached hydrogen (secondary N) is 3. The molecular weight excluding hydrogens is 508 g/mol. The average molecular weight is 539 g/mol. The number of carbonyl (C=O) groups is 7. The molecule has 38 heavy (non-hydrogen) atoms. The number of nitrogens with two attached hydrogens (primary N) is 3. The zero-order chi connectivity index (χ0) is 29.0. The molecule has 4 unspecified atom stereocenters. The van der Waals surface area contributed by atoms with E-state index < -0.39 is 91.3 Å². The van der Waals surface area contributed by atoms with Crippen LogP contribution in [-0.2, 0) is 40.0 Å². The normalized spacial score (nSPS) is 13.7. The minimum absolute atomic E-state index is 0.000814. The lowest BCUT2D eigenvalue weighted by molar-refractivity contribution is -0.147.